The highest BCUT2D eigenvalue weighted by atomic mass is 19.1. The lowest BCUT2D eigenvalue weighted by Gasteiger charge is -2.30. The van der Waals surface area contributed by atoms with Gasteiger partial charge in [-0.3, -0.25) is 0 Å². The summed E-state index contributed by atoms with van der Waals surface area (Å²) in [7, 11) is 0. The summed E-state index contributed by atoms with van der Waals surface area (Å²) in [5.74, 6) is 0. The van der Waals surface area contributed by atoms with Crippen molar-refractivity contribution in [1.82, 2.24) is 4.90 Å². The average Bonchev–Trinajstić information content (AvgIpc) is 2.53. The van der Waals surface area contributed by atoms with Crippen LogP contribution in [0.2, 0.25) is 0 Å². The molecule has 0 aromatic heterocycles. The third-order valence-electron chi connectivity index (χ3n) is 2.67. The Balaban J connectivity index is 1.72. The molecule has 0 bridgehead atoms. The second-order valence-corrected chi connectivity index (χ2v) is 3.77. The fraction of sp³-hybridized carbons (Fsp3) is 0.889. The van der Waals surface area contributed by atoms with Gasteiger partial charge in [0.1, 0.15) is 12.3 Å². The van der Waals surface area contributed by atoms with Gasteiger partial charge < -0.3 is 9.64 Å². The highest BCUT2D eigenvalue weighted by Gasteiger charge is 2.33. The van der Waals surface area contributed by atoms with Crippen molar-refractivity contribution in [3.05, 3.63) is 0 Å². The van der Waals surface area contributed by atoms with Crippen molar-refractivity contribution in [2.75, 3.05) is 13.1 Å². The van der Waals surface area contributed by atoms with Crippen molar-refractivity contribution in [3.8, 4) is 0 Å². The lowest BCUT2D eigenvalue weighted by atomic mass is 9.94. The van der Waals surface area contributed by atoms with Gasteiger partial charge in [-0.05, 0) is 12.8 Å². The Labute approximate surface area is 76.8 Å². The zero-order chi connectivity index (χ0) is 9.26. The van der Waals surface area contributed by atoms with Crippen LogP contribution in [0.5, 0.6) is 0 Å². The molecule has 0 radical (unpaired) electrons. The number of rotatable bonds is 1. The first kappa shape index (κ1) is 8.78. The van der Waals surface area contributed by atoms with Crippen LogP contribution in [0.3, 0.4) is 0 Å². The molecule has 74 valence electrons. The van der Waals surface area contributed by atoms with E-state index in [2.05, 4.69) is 0 Å². The van der Waals surface area contributed by atoms with Crippen LogP contribution in [0.15, 0.2) is 0 Å². The van der Waals surface area contributed by atoms with Crippen molar-refractivity contribution in [1.29, 1.82) is 0 Å². The number of carbonyl (C=O) groups is 1. The van der Waals surface area contributed by atoms with E-state index in [0.29, 0.717) is 12.8 Å². The summed E-state index contributed by atoms with van der Waals surface area (Å²) in [5.41, 5.74) is 0. The number of halogens is 1. The first-order valence-corrected chi connectivity index (χ1v) is 4.85. The molecule has 1 heterocycles. The molecule has 2 aliphatic rings. The molecule has 0 spiro atoms. The van der Waals surface area contributed by atoms with Gasteiger partial charge in [0.15, 0.2) is 0 Å². The van der Waals surface area contributed by atoms with Gasteiger partial charge in [0.2, 0.25) is 0 Å². The van der Waals surface area contributed by atoms with Gasteiger partial charge in [0.05, 0.1) is 0 Å². The van der Waals surface area contributed by atoms with Crippen molar-refractivity contribution >= 4 is 6.09 Å². The molecule has 1 aliphatic heterocycles. The van der Waals surface area contributed by atoms with Crippen molar-refractivity contribution in [2.45, 2.75) is 38.0 Å². The highest BCUT2D eigenvalue weighted by Crippen LogP contribution is 2.27. The van der Waals surface area contributed by atoms with Crippen molar-refractivity contribution < 1.29 is 13.9 Å². The maximum atomic E-state index is 12.4. The quantitative estimate of drug-likeness (QED) is 0.625. The predicted molar refractivity (Wildman–Crippen MR) is 45.2 cm³/mol. The molecular formula is C9H14FNO2. The third-order valence-corrected chi connectivity index (χ3v) is 2.67. The number of carbonyl (C=O) groups excluding carboxylic acids is 1. The summed E-state index contributed by atoms with van der Waals surface area (Å²) in [4.78, 5) is 13.0. The normalized spacial score (nSPS) is 32.8. The lowest BCUT2D eigenvalue weighted by Crippen LogP contribution is -2.39. The SMILES string of the molecule is O=C(OC1CC(F)C1)N1CCCC1. The minimum absolute atomic E-state index is 0.164. The largest absolute Gasteiger partial charge is 0.446 e. The minimum atomic E-state index is -0.753. The average molecular weight is 187 g/mol. The minimum Gasteiger partial charge on any atom is -0.446 e. The van der Waals surface area contributed by atoms with E-state index in [4.69, 9.17) is 4.74 Å². The van der Waals surface area contributed by atoms with Crippen LogP contribution in [0.1, 0.15) is 25.7 Å². The van der Waals surface area contributed by atoms with E-state index in [-0.39, 0.29) is 12.2 Å². The van der Waals surface area contributed by atoms with Crippen LogP contribution >= 0.6 is 0 Å². The molecular weight excluding hydrogens is 173 g/mol. The Morgan fingerprint density at radius 2 is 1.92 bits per heavy atom. The highest BCUT2D eigenvalue weighted by molar-refractivity contribution is 5.68. The number of hydrogen-bond donors (Lipinski definition) is 0. The topological polar surface area (TPSA) is 29.5 Å². The number of nitrogens with zero attached hydrogens (tertiary/aromatic N) is 1. The summed E-state index contributed by atoms with van der Waals surface area (Å²) >= 11 is 0. The molecule has 1 amide bonds. The molecule has 1 saturated carbocycles. The summed E-state index contributed by atoms with van der Waals surface area (Å²) in [5, 5.41) is 0. The van der Waals surface area contributed by atoms with Gasteiger partial charge in [0.25, 0.3) is 0 Å². The Morgan fingerprint density at radius 3 is 2.46 bits per heavy atom. The van der Waals surface area contributed by atoms with Gasteiger partial charge in [-0.2, -0.15) is 0 Å². The van der Waals surface area contributed by atoms with Crippen molar-refractivity contribution in [2.24, 2.45) is 0 Å². The number of amides is 1. The van der Waals surface area contributed by atoms with E-state index in [1.807, 2.05) is 0 Å². The van der Waals surface area contributed by atoms with E-state index in [1.54, 1.807) is 4.90 Å². The maximum absolute atomic E-state index is 12.4. The molecule has 1 saturated heterocycles. The molecule has 0 unspecified atom stereocenters. The summed E-state index contributed by atoms with van der Waals surface area (Å²) in [6.45, 7) is 1.59. The van der Waals surface area contributed by atoms with E-state index in [0.717, 1.165) is 25.9 Å². The first-order chi connectivity index (χ1) is 6.25. The molecule has 0 N–H and O–H groups in total. The molecule has 2 rings (SSSR count). The van der Waals surface area contributed by atoms with E-state index in [1.165, 1.54) is 0 Å². The Hall–Kier alpha value is -0.800. The van der Waals surface area contributed by atoms with E-state index >= 15 is 0 Å². The molecule has 0 atom stereocenters. The number of ether oxygens (including phenoxy) is 1. The monoisotopic (exact) mass is 187 g/mol. The van der Waals surface area contributed by atoms with Gasteiger partial charge in [-0.15, -0.1) is 0 Å². The van der Waals surface area contributed by atoms with Crippen LogP contribution in [0.4, 0.5) is 9.18 Å². The van der Waals surface area contributed by atoms with Gasteiger partial charge in [-0.1, -0.05) is 0 Å². The number of alkyl halides is 1. The standard InChI is InChI=1S/C9H14FNO2/c10-7-5-8(6-7)13-9(12)11-3-1-2-4-11/h7-8H,1-6H2. The Morgan fingerprint density at radius 1 is 1.31 bits per heavy atom. The van der Waals surface area contributed by atoms with Gasteiger partial charge >= 0.3 is 6.09 Å². The molecule has 2 fully saturated rings. The van der Waals surface area contributed by atoms with Crippen LogP contribution in [0, 0.1) is 0 Å². The Bertz CT molecular complexity index is 198. The van der Waals surface area contributed by atoms with Crippen molar-refractivity contribution in [3.63, 3.8) is 0 Å². The molecule has 0 aromatic carbocycles. The molecule has 1 aliphatic carbocycles. The molecule has 3 nitrogen and oxygen atoms in total. The van der Waals surface area contributed by atoms with Gasteiger partial charge in [0, 0.05) is 25.9 Å². The summed E-state index contributed by atoms with van der Waals surface area (Å²) in [6.07, 6.45) is 1.73. The number of likely N-dealkylation sites (tertiary alicyclic amines) is 1. The summed E-state index contributed by atoms with van der Waals surface area (Å²) in [6, 6.07) is 0. The fourth-order valence-corrected chi connectivity index (χ4v) is 1.71. The smallest absolute Gasteiger partial charge is 0.410 e. The number of hydrogen-bond acceptors (Lipinski definition) is 2. The Kier molecular flexibility index (Phi) is 2.38. The van der Waals surface area contributed by atoms with Crippen LogP contribution in [-0.2, 0) is 4.74 Å². The second-order valence-electron chi connectivity index (χ2n) is 3.77. The lowest BCUT2D eigenvalue weighted by molar-refractivity contribution is -0.0103. The van der Waals surface area contributed by atoms with Crippen LogP contribution in [-0.4, -0.2) is 36.4 Å². The summed E-state index contributed by atoms with van der Waals surface area (Å²) < 4.78 is 17.5. The molecule has 4 heteroatoms. The van der Waals surface area contributed by atoms with Crippen LogP contribution in [0.25, 0.3) is 0 Å². The van der Waals surface area contributed by atoms with Crippen LogP contribution < -0.4 is 0 Å². The van der Waals surface area contributed by atoms with Gasteiger partial charge in [-0.25, -0.2) is 9.18 Å². The third kappa shape index (κ3) is 1.92. The zero-order valence-corrected chi connectivity index (χ0v) is 7.54. The predicted octanol–water partition coefficient (Wildman–Crippen LogP) is 1.72. The first-order valence-electron chi connectivity index (χ1n) is 4.85. The maximum Gasteiger partial charge on any atom is 0.410 e. The fourth-order valence-electron chi connectivity index (χ4n) is 1.71. The van der Waals surface area contributed by atoms with E-state index < -0.39 is 6.17 Å². The molecule has 0 aromatic rings. The zero-order valence-electron chi connectivity index (χ0n) is 7.54. The van der Waals surface area contributed by atoms with E-state index in [9.17, 15) is 9.18 Å². The second kappa shape index (κ2) is 3.52. The molecule has 13 heavy (non-hydrogen) atoms.